The molecule has 39 heavy (non-hydrogen) atoms. The number of hydrogen-bond acceptors (Lipinski definition) is 9. The van der Waals surface area contributed by atoms with Gasteiger partial charge < -0.3 is 24.8 Å². The molecule has 4 rings (SSSR count). The van der Waals surface area contributed by atoms with Crippen LogP contribution in [0, 0.1) is 10.1 Å². The van der Waals surface area contributed by atoms with E-state index >= 15 is 0 Å². The van der Waals surface area contributed by atoms with E-state index in [2.05, 4.69) is 20.8 Å². The van der Waals surface area contributed by atoms with E-state index in [0.717, 1.165) is 11.3 Å². The van der Waals surface area contributed by atoms with Crippen molar-refractivity contribution in [3.63, 3.8) is 0 Å². The summed E-state index contributed by atoms with van der Waals surface area (Å²) in [6.07, 6.45) is 0. The van der Waals surface area contributed by atoms with Gasteiger partial charge in [0.1, 0.15) is 17.2 Å². The van der Waals surface area contributed by atoms with Crippen LogP contribution in [0.3, 0.4) is 0 Å². The van der Waals surface area contributed by atoms with Crippen molar-refractivity contribution in [3.8, 4) is 22.9 Å². The Hall–Kier alpha value is -4.78. The molecule has 0 atom stereocenters. The zero-order valence-corrected chi connectivity index (χ0v) is 22.2. The number of anilines is 1. The third-order valence-electron chi connectivity index (χ3n) is 5.59. The number of non-ortho nitro benzene ring substituents is 1. The van der Waals surface area contributed by atoms with Crippen LogP contribution in [0.25, 0.3) is 5.69 Å². The van der Waals surface area contributed by atoms with Crippen LogP contribution in [0.15, 0.2) is 71.9 Å². The molecule has 1 heterocycles. The number of nitrogens with one attached hydrogen (secondary N) is 2. The maximum absolute atomic E-state index is 12.7. The Labute approximate surface area is 228 Å². The van der Waals surface area contributed by atoms with Gasteiger partial charge in [-0.1, -0.05) is 23.9 Å². The Kier molecular flexibility index (Phi) is 8.84. The first-order chi connectivity index (χ1) is 18.9. The molecular formula is C26H26N6O6S. The second-order valence-electron chi connectivity index (χ2n) is 8.02. The highest BCUT2D eigenvalue weighted by molar-refractivity contribution is 7.98. The number of thioether (sulfide) groups is 1. The number of methoxy groups -OCH3 is 3. The molecule has 0 aliphatic carbocycles. The molecule has 0 aliphatic heterocycles. The maximum atomic E-state index is 12.7. The Balaban J connectivity index is 1.54. The summed E-state index contributed by atoms with van der Waals surface area (Å²) in [5.41, 5.74) is 2.06. The van der Waals surface area contributed by atoms with E-state index < -0.39 is 11.0 Å². The van der Waals surface area contributed by atoms with E-state index in [1.807, 2.05) is 24.3 Å². The third kappa shape index (κ3) is 6.76. The van der Waals surface area contributed by atoms with Crippen LogP contribution in [-0.4, -0.2) is 47.0 Å². The first-order valence-corrected chi connectivity index (χ1v) is 12.6. The van der Waals surface area contributed by atoms with Gasteiger partial charge in [0.15, 0.2) is 11.0 Å². The molecule has 0 spiro atoms. The third-order valence-corrected chi connectivity index (χ3v) is 6.59. The Bertz CT molecular complexity index is 1460. The second-order valence-corrected chi connectivity index (χ2v) is 8.96. The molecule has 13 heteroatoms. The predicted octanol–water partition coefficient (Wildman–Crippen LogP) is 4.82. The van der Waals surface area contributed by atoms with Crippen LogP contribution < -0.4 is 24.8 Å². The van der Waals surface area contributed by atoms with Gasteiger partial charge in [0.05, 0.1) is 38.5 Å². The number of nitro groups is 1. The Morgan fingerprint density at radius 1 is 0.974 bits per heavy atom. The van der Waals surface area contributed by atoms with E-state index in [0.29, 0.717) is 39.6 Å². The van der Waals surface area contributed by atoms with Gasteiger partial charge in [-0.3, -0.25) is 14.7 Å². The fraction of sp³-hybridized carbons (Fsp3) is 0.192. The molecule has 0 unspecified atom stereocenters. The van der Waals surface area contributed by atoms with Crippen molar-refractivity contribution in [2.45, 2.75) is 17.5 Å². The SMILES string of the molecule is COc1cccc(CSc2nnc(CNC(=O)Nc3ccc(OC)cc3OC)n2-c2ccc([N+](=O)[O-])cc2)c1. The number of amides is 2. The molecule has 4 aromatic rings. The lowest BCUT2D eigenvalue weighted by Crippen LogP contribution is -2.29. The van der Waals surface area contributed by atoms with Gasteiger partial charge in [-0.25, -0.2) is 4.79 Å². The number of aromatic nitrogens is 3. The zero-order valence-electron chi connectivity index (χ0n) is 21.4. The summed E-state index contributed by atoms with van der Waals surface area (Å²) in [4.78, 5) is 23.4. The quantitative estimate of drug-likeness (QED) is 0.153. The van der Waals surface area contributed by atoms with Crippen molar-refractivity contribution >= 4 is 29.2 Å². The molecule has 0 saturated carbocycles. The van der Waals surface area contributed by atoms with E-state index in [-0.39, 0.29) is 12.2 Å². The molecule has 3 aromatic carbocycles. The van der Waals surface area contributed by atoms with Gasteiger partial charge in [-0.2, -0.15) is 0 Å². The smallest absolute Gasteiger partial charge is 0.319 e. The lowest BCUT2D eigenvalue weighted by Gasteiger charge is -2.13. The van der Waals surface area contributed by atoms with Crippen molar-refractivity contribution in [3.05, 3.63) is 88.2 Å². The number of urea groups is 1. The van der Waals surface area contributed by atoms with E-state index in [1.54, 1.807) is 49.1 Å². The molecule has 0 bridgehead atoms. The minimum absolute atomic E-state index is 0.0357. The van der Waals surface area contributed by atoms with Crippen molar-refractivity contribution < 1.29 is 23.9 Å². The van der Waals surface area contributed by atoms with Crippen LogP contribution in [0.1, 0.15) is 11.4 Å². The normalized spacial score (nSPS) is 10.5. The first kappa shape index (κ1) is 27.3. The van der Waals surface area contributed by atoms with Crippen molar-refractivity contribution in [2.75, 3.05) is 26.6 Å². The molecule has 0 radical (unpaired) electrons. The Morgan fingerprint density at radius 3 is 2.41 bits per heavy atom. The molecule has 0 saturated heterocycles. The first-order valence-electron chi connectivity index (χ1n) is 11.6. The monoisotopic (exact) mass is 550 g/mol. The van der Waals surface area contributed by atoms with Crippen LogP contribution in [-0.2, 0) is 12.3 Å². The summed E-state index contributed by atoms with van der Waals surface area (Å²) in [5.74, 6) is 2.79. The van der Waals surface area contributed by atoms with E-state index in [1.165, 1.54) is 31.0 Å². The van der Waals surface area contributed by atoms with Gasteiger partial charge in [-0.15, -0.1) is 10.2 Å². The standard InChI is InChI=1S/C26H26N6O6S/c1-36-20-6-4-5-17(13-20)16-39-26-30-29-24(31(26)18-7-9-19(10-8-18)32(34)35)15-27-25(33)28-22-12-11-21(37-2)14-23(22)38-3/h4-14H,15-16H2,1-3H3,(H2,27,28,33). The fourth-order valence-electron chi connectivity index (χ4n) is 3.63. The lowest BCUT2D eigenvalue weighted by atomic mass is 10.2. The molecule has 0 aliphatic rings. The van der Waals surface area contributed by atoms with E-state index in [4.69, 9.17) is 14.2 Å². The highest BCUT2D eigenvalue weighted by Gasteiger charge is 2.17. The molecule has 12 nitrogen and oxygen atoms in total. The number of carbonyl (C=O) groups excluding carboxylic acids is 1. The van der Waals surface area contributed by atoms with Crippen LogP contribution >= 0.6 is 11.8 Å². The minimum atomic E-state index is -0.484. The van der Waals surface area contributed by atoms with Gasteiger partial charge >= 0.3 is 6.03 Å². The van der Waals surface area contributed by atoms with Gasteiger partial charge in [0, 0.05) is 29.6 Å². The molecule has 1 aromatic heterocycles. The number of benzene rings is 3. The summed E-state index contributed by atoms with van der Waals surface area (Å²) >= 11 is 1.43. The van der Waals surface area contributed by atoms with E-state index in [9.17, 15) is 14.9 Å². The molecule has 2 N–H and O–H groups in total. The van der Waals surface area contributed by atoms with Gasteiger partial charge in [0.2, 0.25) is 0 Å². The number of hydrogen-bond donors (Lipinski definition) is 2. The van der Waals surface area contributed by atoms with Gasteiger partial charge in [-0.05, 0) is 42.0 Å². The summed E-state index contributed by atoms with van der Waals surface area (Å²) in [7, 11) is 4.64. The molecule has 2 amide bonds. The zero-order chi connectivity index (χ0) is 27.8. The number of ether oxygens (including phenoxy) is 3. The van der Waals surface area contributed by atoms with Crippen molar-refractivity contribution in [2.24, 2.45) is 0 Å². The van der Waals surface area contributed by atoms with Crippen LogP contribution in [0.4, 0.5) is 16.2 Å². The Morgan fingerprint density at radius 2 is 1.72 bits per heavy atom. The number of nitro benzene ring substituents is 1. The van der Waals surface area contributed by atoms with Crippen molar-refractivity contribution in [1.29, 1.82) is 0 Å². The number of carbonyl (C=O) groups is 1. The number of rotatable bonds is 11. The largest absolute Gasteiger partial charge is 0.497 e. The highest BCUT2D eigenvalue weighted by Crippen LogP contribution is 2.30. The van der Waals surface area contributed by atoms with Crippen LogP contribution in [0.5, 0.6) is 17.2 Å². The predicted molar refractivity (Wildman–Crippen MR) is 146 cm³/mol. The molecular weight excluding hydrogens is 524 g/mol. The summed E-state index contributed by atoms with van der Waals surface area (Å²) in [6.45, 7) is 0.0357. The topological polar surface area (TPSA) is 143 Å². The molecule has 202 valence electrons. The second kappa shape index (κ2) is 12.6. The summed E-state index contributed by atoms with van der Waals surface area (Å²) < 4.78 is 17.6. The maximum Gasteiger partial charge on any atom is 0.319 e. The average molecular weight is 551 g/mol. The highest BCUT2D eigenvalue weighted by atomic mass is 32.2. The molecule has 0 fully saturated rings. The van der Waals surface area contributed by atoms with Crippen molar-refractivity contribution in [1.82, 2.24) is 20.1 Å². The average Bonchev–Trinajstić information content (AvgIpc) is 3.38. The lowest BCUT2D eigenvalue weighted by molar-refractivity contribution is -0.384. The minimum Gasteiger partial charge on any atom is -0.497 e. The summed E-state index contributed by atoms with van der Waals surface area (Å²) in [5, 5.41) is 25.8. The fourth-order valence-corrected chi connectivity index (χ4v) is 4.54. The van der Waals surface area contributed by atoms with Gasteiger partial charge in [0.25, 0.3) is 5.69 Å². The summed E-state index contributed by atoms with van der Waals surface area (Å²) in [6, 6.07) is 18.3. The van der Waals surface area contributed by atoms with Crippen LogP contribution in [0.2, 0.25) is 0 Å². The number of nitrogens with zero attached hydrogens (tertiary/aromatic N) is 4.